The highest BCUT2D eigenvalue weighted by atomic mass is 35.5. The highest BCUT2D eigenvalue weighted by Crippen LogP contribution is 2.34. The number of carbonyl (C=O) groups excluding carboxylic acids is 1. The summed E-state index contributed by atoms with van der Waals surface area (Å²) in [4.78, 5) is 17.2. The Bertz CT molecular complexity index is 1130. The summed E-state index contributed by atoms with van der Waals surface area (Å²) >= 11 is 7.51. The minimum absolute atomic E-state index is 0.0855. The van der Waals surface area contributed by atoms with E-state index in [2.05, 4.69) is 10.3 Å². The molecule has 0 aliphatic heterocycles. The smallest absolute Gasteiger partial charge is 0.257 e. The Balaban J connectivity index is 1.54. The summed E-state index contributed by atoms with van der Waals surface area (Å²) in [7, 11) is -1.94. The molecule has 6 nitrogen and oxygen atoms in total. The summed E-state index contributed by atoms with van der Waals surface area (Å²) in [5.74, 6) is -0.354. The number of fused-ring (bicyclic) bond motifs is 1. The third-order valence-electron chi connectivity index (χ3n) is 4.77. The minimum Gasteiger partial charge on any atom is -0.298 e. The molecule has 9 heteroatoms. The van der Waals surface area contributed by atoms with Crippen LogP contribution in [0.25, 0.3) is 10.2 Å². The number of halogens is 1. The van der Waals surface area contributed by atoms with Gasteiger partial charge in [-0.1, -0.05) is 29.0 Å². The predicted octanol–water partition coefficient (Wildman–Crippen LogP) is 4.29. The van der Waals surface area contributed by atoms with Gasteiger partial charge in [0.15, 0.2) is 5.13 Å². The number of nitrogens with zero attached hydrogens (tertiary/aromatic N) is 2. The largest absolute Gasteiger partial charge is 0.298 e. The number of anilines is 1. The SMILES string of the molecule is Cc1ccc(Cl)c2sc(NC(=O)c3ccc(S(=O)(=O)N(C)C4CC4)cc3)nc12. The Labute approximate surface area is 172 Å². The van der Waals surface area contributed by atoms with Gasteiger partial charge in [0.05, 0.1) is 20.1 Å². The molecule has 1 heterocycles. The van der Waals surface area contributed by atoms with Crippen LogP contribution in [-0.2, 0) is 10.0 Å². The van der Waals surface area contributed by atoms with Crippen molar-refractivity contribution in [1.82, 2.24) is 9.29 Å². The second kappa shape index (κ2) is 7.11. The van der Waals surface area contributed by atoms with Gasteiger partial charge in [0.2, 0.25) is 10.0 Å². The van der Waals surface area contributed by atoms with Gasteiger partial charge in [0.1, 0.15) is 0 Å². The zero-order valence-electron chi connectivity index (χ0n) is 15.3. The summed E-state index contributed by atoms with van der Waals surface area (Å²) in [5, 5.41) is 3.80. The molecule has 1 aliphatic rings. The van der Waals surface area contributed by atoms with Gasteiger partial charge in [-0.2, -0.15) is 4.31 Å². The number of carbonyl (C=O) groups is 1. The first-order valence-corrected chi connectivity index (χ1v) is 11.4. The number of sulfonamides is 1. The highest BCUT2D eigenvalue weighted by molar-refractivity contribution is 7.89. The van der Waals surface area contributed by atoms with Crippen molar-refractivity contribution in [1.29, 1.82) is 0 Å². The molecule has 0 spiro atoms. The Hall–Kier alpha value is -2.00. The van der Waals surface area contributed by atoms with Crippen molar-refractivity contribution in [2.24, 2.45) is 0 Å². The van der Waals surface area contributed by atoms with Gasteiger partial charge < -0.3 is 0 Å². The molecule has 0 saturated heterocycles. The zero-order chi connectivity index (χ0) is 20.1. The van der Waals surface area contributed by atoms with Crippen molar-refractivity contribution in [3.8, 4) is 0 Å². The number of hydrogen-bond acceptors (Lipinski definition) is 5. The molecule has 0 radical (unpaired) electrons. The maximum absolute atomic E-state index is 12.6. The van der Waals surface area contributed by atoms with E-state index < -0.39 is 10.0 Å². The van der Waals surface area contributed by atoms with Crippen molar-refractivity contribution in [3.05, 3.63) is 52.5 Å². The molecule has 0 unspecified atom stereocenters. The van der Waals surface area contributed by atoms with Gasteiger partial charge in [-0.25, -0.2) is 13.4 Å². The Morgan fingerprint density at radius 2 is 1.89 bits per heavy atom. The average molecular weight is 436 g/mol. The van der Waals surface area contributed by atoms with Gasteiger partial charge in [0.25, 0.3) is 5.91 Å². The summed E-state index contributed by atoms with van der Waals surface area (Å²) in [6.07, 6.45) is 1.78. The number of amides is 1. The van der Waals surface area contributed by atoms with Crippen LogP contribution in [0.4, 0.5) is 5.13 Å². The van der Waals surface area contributed by atoms with E-state index in [1.165, 1.54) is 39.9 Å². The number of rotatable bonds is 5. The van der Waals surface area contributed by atoms with Crippen molar-refractivity contribution in [2.75, 3.05) is 12.4 Å². The molecule has 2 aromatic carbocycles. The number of hydrogen-bond donors (Lipinski definition) is 1. The quantitative estimate of drug-likeness (QED) is 0.648. The van der Waals surface area contributed by atoms with Crippen LogP contribution in [0.3, 0.4) is 0 Å². The van der Waals surface area contributed by atoms with Gasteiger partial charge in [-0.3, -0.25) is 10.1 Å². The molecule has 146 valence electrons. The molecule has 1 amide bonds. The van der Waals surface area contributed by atoms with Gasteiger partial charge in [0, 0.05) is 18.7 Å². The van der Waals surface area contributed by atoms with E-state index in [4.69, 9.17) is 11.6 Å². The number of aryl methyl sites for hydroxylation is 1. The number of aromatic nitrogens is 1. The second-order valence-corrected chi connectivity index (χ2v) is 10.2. The molecule has 3 aromatic rings. The van der Waals surface area contributed by atoms with E-state index in [0.717, 1.165) is 28.6 Å². The van der Waals surface area contributed by atoms with Gasteiger partial charge in [-0.15, -0.1) is 0 Å². The number of nitrogens with one attached hydrogen (secondary N) is 1. The Morgan fingerprint density at radius 1 is 1.21 bits per heavy atom. The van der Waals surface area contributed by atoms with Crippen LogP contribution >= 0.6 is 22.9 Å². The van der Waals surface area contributed by atoms with E-state index in [-0.39, 0.29) is 16.8 Å². The molecule has 4 rings (SSSR count). The lowest BCUT2D eigenvalue weighted by Gasteiger charge is -2.16. The third kappa shape index (κ3) is 3.53. The lowest BCUT2D eigenvalue weighted by atomic mass is 10.2. The fraction of sp³-hybridized carbons (Fsp3) is 0.263. The normalized spacial score (nSPS) is 14.6. The Morgan fingerprint density at radius 3 is 2.50 bits per heavy atom. The molecule has 1 aliphatic carbocycles. The van der Waals surface area contributed by atoms with E-state index in [1.807, 2.05) is 13.0 Å². The molecular weight excluding hydrogens is 418 g/mol. The molecule has 1 N–H and O–H groups in total. The molecule has 1 saturated carbocycles. The minimum atomic E-state index is -3.53. The first-order valence-electron chi connectivity index (χ1n) is 8.72. The first kappa shape index (κ1) is 19.3. The summed E-state index contributed by atoms with van der Waals surface area (Å²) in [5.41, 5.74) is 2.10. The standard InChI is InChI=1S/C19H18ClN3O3S2/c1-11-3-10-15(20)17-16(11)21-19(27-17)22-18(24)12-4-8-14(9-5-12)28(25,26)23(2)13-6-7-13/h3-5,8-10,13H,6-7H2,1-2H3,(H,21,22,24). The van der Waals surface area contributed by atoms with Crippen LogP contribution in [0, 0.1) is 6.92 Å². The maximum Gasteiger partial charge on any atom is 0.257 e. The van der Waals surface area contributed by atoms with Gasteiger partial charge >= 0.3 is 0 Å². The van der Waals surface area contributed by atoms with E-state index in [0.29, 0.717) is 15.7 Å². The molecular formula is C19H18ClN3O3S2. The van der Waals surface area contributed by atoms with Crippen molar-refractivity contribution < 1.29 is 13.2 Å². The van der Waals surface area contributed by atoms with Crippen LogP contribution in [0.2, 0.25) is 5.02 Å². The number of thiazole rings is 1. The van der Waals surface area contributed by atoms with Crippen LogP contribution in [0.1, 0.15) is 28.8 Å². The molecule has 1 fully saturated rings. The van der Waals surface area contributed by atoms with Crippen molar-refractivity contribution in [2.45, 2.75) is 30.7 Å². The summed E-state index contributed by atoms with van der Waals surface area (Å²) < 4.78 is 27.3. The second-order valence-electron chi connectivity index (χ2n) is 6.79. The molecule has 0 atom stereocenters. The van der Waals surface area contributed by atoms with Crippen molar-refractivity contribution in [3.63, 3.8) is 0 Å². The fourth-order valence-electron chi connectivity index (χ4n) is 2.90. The Kier molecular flexibility index (Phi) is 4.91. The van der Waals surface area contributed by atoms with E-state index in [1.54, 1.807) is 13.1 Å². The average Bonchev–Trinajstić information content (AvgIpc) is 3.43. The fourth-order valence-corrected chi connectivity index (χ4v) is 5.53. The number of benzene rings is 2. The monoisotopic (exact) mass is 435 g/mol. The molecule has 0 bridgehead atoms. The van der Waals surface area contributed by atoms with E-state index >= 15 is 0 Å². The van der Waals surface area contributed by atoms with Crippen LogP contribution in [-0.4, -0.2) is 36.7 Å². The van der Waals surface area contributed by atoms with Crippen LogP contribution < -0.4 is 5.32 Å². The maximum atomic E-state index is 12.6. The van der Waals surface area contributed by atoms with Crippen molar-refractivity contribution >= 4 is 54.2 Å². The molecule has 1 aromatic heterocycles. The zero-order valence-corrected chi connectivity index (χ0v) is 17.7. The lowest BCUT2D eigenvalue weighted by molar-refractivity contribution is 0.102. The molecule has 28 heavy (non-hydrogen) atoms. The third-order valence-corrected chi connectivity index (χ3v) is 8.13. The van der Waals surface area contributed by atoms with E-state index in [9.17, 15) is 13.2 Å². The lowest BCUT2D eigenvalue weighted by Crippen LogP contribution is -2.29. The first-order chi connectivity index (χ1) is 13.3. The predicted molar refractivity (Wildman–Crippen MR) is 112 cm³/mol. The highest BCUT2D eigenvalue weighted by Gasteiger charge is 2.35. The summed E-state index contributed by atoms with van der Waals surface area (Å²) in [6.45, 7) is 1.93. The van der Waals surface area contributed by atoms with Crippen LogP contribution in [0.15, 0.2) is 41.3 Å². The summed E-state index contributed by atoms with van der Waals surface area (Å²) in [6, 6.07) is 9.71. The van der Waals surface area contributed by atoms with Crippen LogP contribution in [0.5, 0.6) is 0 Å². The van der Waals surface area contributed by atoms with Gasteiger partial charge in [-0.05, 0) is 55.7 Å². The topological polar surface area (TPSA) is 79.4 Å².